The van der Waals surface area contributed by atoms with Gasteiger partial charge >= 0.3 is 0 Å². The van der Waals surface area contributed by atoms with Crippen molar-refractivity contribution < 1.29 is 14.2 Å². The maximum Gasteiger partial charge on any atom is 0.191 e. The van der Waals surface area contributed by atoms with E-state index in [-0.39, 0.29) is 24.0 Å². The van der Waals surface area contributed by atoms with E-state index in [1.807, 2.05) is 12.1 Å². The normalized spacial score (nSPS) is 15.2. The molecule has 0 amide bonds. The van der Waals surface area contributed by atoms with Crippen LogP contribution in [0.4, 0.5) is 0 Å². The van der Waals surface area contributed by atoms with Gasteiger partial charge < -0.3 is 24.8 Å². The standard InChI is InChI=1S/C18H30N4O3.HI/c1-19-18(20-6-10-23-2)21-15-16-4-3-5-17(14-16)25-13-9-22-7-11-24-12-8-22;/h3-5,14H,6-13,15H2,1-2H3,(H2,19,20,21);1H. The molecule has 0 spiro atoms. The van der Waals surface area contributed by atoms with Crippen molar-refractivity contribution in [3.05, 3.63) is 29.8 Å². The Labute approximate surface area is 173 Å². The highest BCUT2D eigenvalue weighted by Gasteiger charge is 2.09. The Balaban J connectivity index is 0.00000338. The average Bonchev–Trinajstić information content (AvgIpc) is 2.66. The molecule has 1 aromatic carbocycles. The van der Waals surface area contributed by atoms with Crippen LogP contribution in [-0.2, 0) is 16.0 Å². The second-order valence-corrected chi connectivity index (χ2v) is 5.80. The number of rotatable bonds is 9. The van der Waals surface area contributed by atoms with Crippen molar-refractivity contribution >= 4 is 29.9 Å². The lowest BCUT2D eigenvalue weighted by molar-refractivity contribution is 0.0322. The van der Waals surface area contributed by atoms with Crippen LogP contribution in [0.2, 0.25) is 0 Å². The lowest BCUT2D eigenvalue weighted by Crippen LogP contribution is -2.38. The number of nitrogens with one attached hydrogen (secondary N) is 2. The summed E-state index contributed by atoms with van der Waals surface area (Å²) >= 11 is 0. The van der Waals surface area contributed by atoms with Crippen LogP contribution in [0.25, 0.3) is 0 Å². The van der Waals surface area contributed by atoms with Gasteiger partial charge in [0.2, 0.25) is 0 Å². The summed E-state index contributed by atoms with van der Waals surface area (Å²) in [5.74, 6) is 1.66. The molecule has 148 valence electrons. The number of morpholine rings is 1. The fourth-order valence-electron chi connectivity index (χ4n) is 2.54. The molecule has 2 N–H and O–H groups in total. The quantitative estimate of drug-likeness (QED) is 0.242. The monoisotopic (exact) mass is 478 g/mol. The van der Waals surface area contributed by atoms with Gasteiger partial charge in [0.05, 0.1) is 19.8 Å². The van der Waals surface area contributed by atoms with E-state index >= 15 is 0 Å². The maximum absolute atomic E-state index is 5.89. The molecule has 0 radical (unpaired) electrons. The topological polar surface area (TPSA) is 67.4 Å². The first-order chi connectivity index (χ1) is 12.3. The molecule has 0 unspecified atom stereocenters. The summed E-state index contributed by atoms with van der Waals surface area (Å²) in [4.78, 5) is 6.56. The van der Waals surface area contributed by atoms with Gasteiger partial charge in [-0.05, 0) is 17.7 Å². The zero-order chi connectivity index (χ0) is 17.7. The summed E-state index contributed by atoms with van der Waals surface area (Å²) in [6.45, 7) is 7.30. The zero-order valence-corrected chi connectivity index (χ0v) is 18.0. The van der Waals surface area contributed by atoms with Gasteiger partial charge in [0.25, 0.3) is 0 Å². The van der Waals surface area contributed by atoms with E-state index in [0.29, 0.717) is 19.8 Å². The Morgan fingerprint density at radius 1 is 1.23 bits per heavy atom. The van der Waals surface area contributed by atoms with Crippen LogP contribution in [-0.4, -0.2) is 77.6 Å². The van der Waals surface area contributed by atoms with Gasteiger partial charge in [-0.3, -0.25) is 9.89 Å². The van der Waals surface area contributed by atoms with Crippen molar-refractivity contribution in [1.82, 2.24) is 15.5 Å². The number of methoxy groups -OCH3 is 1. The zero-order valence-electron chi connectivity index (χ0n) is 15.7. The van der Waals surface area contributed by atoms with E-state index in [0.717, 1.165) is 56.7 Å². The molecule has 1 aliphatic heterocycles. The Hall–Kier alpha value is -1.10. The van der Waals surface area contributed by atoms with E-state index in [1.54, 1.807) is 14.2 Å². The predicted molar refractivity (Wildman–Crippen MR) is 115 cm³/mol. The summed E-state index contributed by atoms with van der Waals surface area (Å²) in [5, 5.41) is 6.48. The van der Waals surface area contributed by atoms with Crippen molar-refractivity contribution in [3.8, 4) is 5.75 Å². The van der Waals surface area contributed by atoms with Gasteiger partial charge in [0.1, 0.15) is 12.4 Å². The predicted octanol–water partition coefficient (Wildman–Crippen LogP) is 1.33. The van der Waals surface area contributed by atoms with Gasteiger partial charge in [-0.1, -0.05) is 12.1 Å². The Kier molecular flexibility index (Phi) is 12.4. The SMILES string of the molecule is CN=C(NCCOC)NCc1cccc(OCCN2CCOCC2)c1.I. The van der Waals surface area contributed by atoms with Crippen molar-refractivity contribution in [3.63, 3.8) is 0 Å². The maximum atomic E-state index is 5.89. The van der Waals surface area contributed by atoms with Crippen molar-refractivity contribution in [2.24, 2.45) is 4.99 Å². The van der Waals surface area contributed by atoms with Gasteiger partial charge in [0.15, 0.2) is 5.96 Å². The molecule has 0 aliphatic carbocycles. The van der Waals surface area contributed by atoms with Gasteiger partial charge in [0, 0.05) is 46.9 Å². The molecule has 0 bridgehead atoms. The molecular weight excluding hydrogens is 447 g/mol. The third-order valence-corrected chi connectivity index (χ3v) is 3.96. The number of guanidine groups is 1. The smallest absolute Gasteiger partial charge is 0.191 e. The summed E-state index contributed by atoms with van der Waals surface area (Å²) in [5.41, 5.74) is 1.15. The van der Waals surface area contributed by atoms with Crippen LogP contribution in [0.5, 0.6) is 5.75 Å². The Morgan fingerprint density at radius 2 is 2.04 bits per heavy atom. The molecule has 2 rings (SSSR count). The summed E-state index contributed by atoms with van der Waals surface area (Å²) in [7, 11) is 3.44. The Morgan fingerprint density at radius 3 is 2.77 bits per heavy atom. The highest BCUT2D eigenvalue weighted by molar-refractivity contribution is 14.0. The highest BCUT2D eigenvalue weighted by Crippen LogP contribution is 2.13. The van der Waals surface area contributed by atoms with Crippen LogP contribution in [0.15, 0.2) is 29.3 Å². The van der Waals surface area contributed by atoms with Crippen LogP contribution < -0.4 is 15.4 Å². The summed E-state index contributed by atoms with van der Waals surface area (Å²) < 4.78 is 16.3. The molecule has 1 fully saturated rings. The number of aliphatic imine (C=N–C) groups is 1. The van der Waals surface area contributed by atoms with Crippen LogP contribution in [0.1, 0.15) is 5.56 Å². The molecule has 0 atom stereocenters. The summed E-state index contributed by atoms with van der Waals surface area (Å²) in [6, 6.07) is 8.15. The summed E-state index contributed by atoms with van der Waals surface area (Å²) in [6.07, 6.45) is 0. The van der Waals surface area contributed by atoms with Crippen LogP contribution in [0.3, 0.4) is 0 Å². The van der Waals surface area contributed by atoms with Gasteiger partial charge in [-0.15, -0.1) is 24.0 Å². The molecule has 8 heteroatoms. The highest BCUT2D eigenvalue weighted by atomic mass is 127. The van der Waals surface area contributed by atoms with E-state index < -0.39 is 0 Å². The second kappa shape index (κ2) is 14.0. The first-order valence-corrected chi connectivity index (χ1v) is 8.77. The fourth-order valence-corrected chi connectivity index (χ4v) is 2.54. The molecule has 7 nitrogen and oxygen atoms in total. The fraction of sp³-hybridized carbons (Fsp3) is 0.611. The number of benzene rings is 1. The first-order valence-electron chi connectivity index (χ1n) is 8.77. The van der Waals surface area contributed by atoms with Crippen molar-refractivity contribution in [1.29, 1.82) is 0 Å². The Bertz CT molecular complexity index is 525. The van der Waals surface area contributed by atoms with Crippen molar-refractivity contribution in [2.75, 3.05) is 66.8 Å². The third kappa shape index (κ3) is 9.02. The molecule has 0 saturated carbocycles. The number of nitrogens with zero attached hydrogens (tertiary/aromatic N) is 2. The van der Waals surface area contributed by atoms with E-state index in [4.69, 9.17) is 14.2 Å². The number of ether oxygens (including phenoxy) is 3. The van der Waals surface area contributed by atoms with E-state index in [1.165, 1.54) is 0 Å². The molecule has 0 aromatic heterocycles. The minimum Gasteiger partial charge on any atom is -0.492 e. The lowest BCUT2D eigenvalue weighted by Gasteiger charge is -2.26. The molecule has 26 heavy (non-hydrogen) atoms. The molecule has 1 aliphatic rings. The minimum atomic E-state index is 0. The molecule has 1 saturated heterocycles. The molecular formula is C18H31IN4O3. The van der Waals surface area contributed by atoms with Gasteiger partial charge in [-0.25, -0.2) is 0 Å². The van der Waals surface area contributed by atoms with E-state index in [2.05, 4.69) is 32.7 Å². The molecule has 1 heterocycles. The largest absolute Gasteiger partial charge is 0.492 e. The van der Waals surface area contributed by atoms with Crippen LogP contribution in [0, 0.1) is 0 Å². The average molecular weight is 478 g/mol. The number of halogens is 1. The second-order valence-electron chi connectivity index (χ2n) is 5.80. The van der Waals surface area contributed by atoms with Crippen molar-refractivity contribution in [2.45, 2.75) is 6.54 Å². The lowest BCUT2D eigenvalue weighted by atomic mass is 10.2. The molecule has 1 aromatic rings. The minimum absolute atomic E-state index is 0. The number of hydrogen-bond donors (Lipinski definition) is 2. The third-order valence-electron chi connectivity index (χ3n) is 3.96. The first kappa shape index (κ1) is 22.9. The number of hydrogen-bond acceptors (Lipinski definition) is 5. The van der Waals surface area contributed by atoms with Crippen LogP contribution >= 0.6 is 24.0 Å². The van der Waals surface area contributed by atoms with E-state index in [9.17, 15) is 0 Å². The van der Waals surface area contributed by atoms with Gasteiger partial charge in [-0.2, -0.15) is 0 Å².